The Morgan fingerprint density at radius 2 is 1.94 bits per heavy atom. The zero-order chi connectivity index (χ0) is 12.4. The van der Waals surface area contributed by atoms with Gasteiger partial charge in [0.2, 0.25) is 0 Å². The number of rotatable bonds is 3. The molecule has 0 bridgehead atoms. The van der Waals surface area contributed by atoms with E-state index in [9.17, 15) is 0 Å². The van der Waals surface area contributed by atoms with Gasteiger partial charge in [-0.1, -0.05) is 29.8 Å². The van der Waals surface area contributed by atoms with Crippen LogP contribution in [0.25, 0.3) is 0 Å². The van der Waals surface area contributed by atoms with Crippen LogP contribution in [0.2, 0.25) is 5.02 Å². The van der Waals surface area contributed by atoms with Crippen molar-refractivity contribution in [2.24, 2.45) is 5.92 Å². The lowest BCUT2D eigenvalue weighted by molar-refractivity contribution is -0.0730. The van der Waals surface area contributed by atoms with Crippen LogP contribution >= 0.6 is 11.6 Å². The molecule has 0 saturated carbocycles. The Morgan fingerprint density at radius 1 is 1.22 bits per heavy atom. The average molecular weight is 266 g/mol. The molecule has 3 rings (SSSR count). The van der Waals surface area contributed by atoms with Crippen LogP contribution in [-0.4, -0.2) is 26.3 Å². The first-order valence-corrected chi connectivity index (χ1v) is 7.21. The Hall–Kier alpha value is -0.570. The van der Waals surface area contributed by atoms with Crippen molar-refractivity contribution in [1.29, 1.82) is 0 Å². The lowest BCUT2D eigenvalue weighted by atomic mass is 9.70. The molecule has 3 heteroatoms. The van der Waals surface area contributed by atoms with E-state index in [1.807, 2.05) is 12.1 Å². The maximum Gasteiger partial charge on any atom is 0.0586 e. The molecule has 0 unspecified atom stereocenters. The number of hydrogen-bond acceptors (Lipinski definition) is 2. The number of ether oxygens (including phenoxy) is 1. The summed E-state index contributed by atoms with van der Waals surface area (Å²) in [6.45, 7) is 3.98. The van der Waals surface area contributed by atoms with Crippen molar-refractivity contribution in [2.45, 2.75) is 24.7 Å². The van der Waals surface area contributed by atoms with Gasteiger partial charge in [-0.05, 0) is 49.9 Å². The topological polar surface area (TPSA) is 21.3 Å². The summed E-state index contributed by atoms with van der Waals surface area (Å²) in [7, 11) is 0. The summed E-state index contributed by atoms with van der Waals surface area (Å²) in [5.41, 5.74) is 1.47. The molecule has 18 heavy (non-hydrogen) atoms. The molecule has 2 aliphatic heterocycles. The molecule has 0 amide bonds. The summed E-state index contributed by atoms with van der Waals surface area (Å²) in [4.78, 5) is 0. The van der Waals surface area contributed by atoms with E-state index in [0.717, 1.165) is 37.2 Å². The molecule has 2 saturated heterocycles. The van der Waals surface area contributed by atoms with Gasteiger partial charge in [0, 0.05) is 10.4 Å². The normalized spacial score (nSPS) is 23.6. The van der Waals surface area contributed by atoms with Crippen molar-refractivity contribution in [2.75, 3.05) is 26.3 Å². The van der Waals surface area contributed by atoms with Crippen molar-refractivity contribution in [1.82, 2.24) is 5.32 Å². The van der Waals surface area contributed by atoms with Crippen LogP contribution in [0, 0.1) is 5.92 Å². The van der Waals surface area contributed by atoms with Gasteiger partial charge in [0.1, 0.15) is 0 Å². The van der Waals surface area contributed by atoms with Gasteiger partial charge in [0.15, 0.2) is 0 Å². The molecule has 2 heterocycles. The number of nitrogens with one attached hydrogen (secondary N) is 1. The van der Waals surface area contributed by atoms with E-state index < -0.39 is 0 Å². The molecule has 1 N–H and O–H groups in total. The fourth-order valence-corrected chi connectivity index (χ4v) is 3.60. The summed E-state index contributed by atoms with van der Waals surface area (Å²) < 4.78 is 5.51. The summed E-state index contributed by atoms with van der Waals surface area (Å²) in [5, 5.41) is 4.33. The number of benzene rings is 1. The van der Waals surface area contributed by atoms with Crippen molar-refractivity contribution < 1.29 is 4.74 Å². The van der Waals surface area contributed by atoms with E-state index in [1.54, 1.807) is 0 Å². The first-order chi connectivity index (χ1) is 8.80. The molecule has 0 atom stereocenters. The molecule has 0 spiro atoms. The van der Waals surface area contributed by atoms with E-state index >= 15 is 0 Å². The SMILES string of the molecule is Clc1ccccc1C1(CC2CCNCC2)COC1. The van der Waals surface area contributed by atoms with Crippen LogP contribution in [0.3, 0.4) is 0 Å². The van der Waals surface area contributed by atoms with E-state index in [-0.39, 0.29) is 5.41 Å². The highest BCUT2D eigenvalue weighted by atomic mass is 35.5. The Balaban J connectivity index is 1.79. The Bertz CT molecular complexity index is 411. The van der Waals surface area contributed by atoms with Crippen molar-refractivity contribution in [3.63, 3.8) is 0 Å². The molecule has 2 aliphatic rings. The smallest absolute Gasteiger partial charge is 0.0586 e. The van der Waals surface area contributed by atoms with Gasteiger partial charge in [0.25, 0.3) is 0 Å². The molecular weight excluding hydrogens is 246 g/mol. The summed E-state index contributed by atoms with van der Waals surface area (Å²) in [6.07, 6.45) is 3.79. The van der Waals surface area contributed by atoms with Crippen LogP contribution < -0.4 is 5.32 Å². The molecule has 2 nitrogen and oxygen atoms in total. The number of piperidine rings is 1. The summed E-state index contributed by atoms with van der Waals surface area (Å²) >= 11 is 6.37. The van der Waals surface area contributed by atoms with Gasteiger partial charge in [-0.25, -0.2) is 0 Å². The molecule has 0 aliphatic carbocycles. The van der Waals surface area contributed by atoms with Crippen LogP contribution in [0.15, 0.2) is 24.3 Å². The first kappa shape index (κ1) is 12.5. The molecule has 1 aromatic rings. The van der Waals surface area contributed by atoms with E-state index in [0.29, 0.717) is 0 Å². The van der Waals surface area contributed by atoms with Crippen LogP contribution in [-0.2, 0) is 10.2 Å². The fraction of sp³-hybridized carbons (Fsp3) is 0.600. The van der Waals surface area contributed by atoms with E-state index in [1.165, 1.54) is 24.8 Å². The molecule has 0 aromatic heterocycles. The number of hydrogen-bond donors (Lipinski definition) is 1. The van der Waals surface area contributed by atoms with Crippen molar-refractivity contribution in [3.8, 4) is 0 Å². The third kappa shape index (κ3) is 2.29. The highest BCUT2D eigenvalue weighted by molar-refractivity contribution is 6.31. The second-order valence-electron chi connectivity index (χ2n) is 5.65. The van der Waals surface area contributed by atoms with Gasteiger partial charge in [-0.2, -0.15) is 0 Å². The quantitative estimate of drug-likeness (QED) is 0.907. The maximum atomic E-state index is 6.37. The molecule has 1 aromatic carbocycles. The molecular formula is C15H20ClNO. The second-order valence-corrected chi connectivity index (χ2v) is 6.06. The Labute approximate surface area is 114 Å². The van der Waals surface area contributed by atoms with E-state index in [4.69, 9.17) is 16.3 Å². The zero-order valence-electron chi connectivity index (χ0n) is 10.6. The predicted molar refractivity (Wildman–Crippen MR) is 74.2 cm³/mol. The third-order valence-electron chi connectivity index (χ3n) is 4.34. The average Bonchev–Trinajstić information content (AvgIpc) is 2.36. The standard InChI is InChI=1S/C15H20ClNO/c16-14-4-2-1-3-13(14)15(10-18-11-15)9-12-5-7-17-8-6-12/h1-4,12,17H,5-11H2. The zero-order valence-corrected chi connectivity index (χ0v) is 11.4. The third-order valence-corrected chi connectivity index (χ3v) is 4.67. The fourth-order valence-electron chi connectivity index (χ4n) is 3.26. The monoisotopic (exact) mass is 265 g/mol. The van der Waals surface area contributed by atoms with E-state index in [2.05, 4.69) is 17.4 Å². The minimum atomic E-state index is 0.181. The highest BCUT2D eigenvalue weighted by Crippen LogP contribution is 2.42. The summed E-state index contributed by atoms with van der Waals surface area (Å²) in [6, 6.07) is 8.26. The van der Waals surface area contributed by atoms with Gasteiger partial charge >= 0.3 is 0 Å². The highest BCUT2D eigenvalue weighted by Gasteiger charge is 2.43. The van der Waals surface area contributed by atoms with Gasteiger partial charge in [0.05, 0.1) is 13.2 Å². The van der Waals surface area contributed by atoms with Gasteiger partial charge in [-0.3, -0.25) is 0 Å². The number of halogens is 1. The second kappa shape index (κ2) is 5.20. The molecule has 98 valence electrons. The minimum absolute atomic E-state index is 0.181. The van der Waals surface area contributed by atoms with Crippen LogP contribution in [0.4, 0.5) is 0 Å². The largest absolute Gasteiger partial charge is 0.379 e. The predicted octanol–water partition coefficient (Wildman–Crippen LogP) is 3.00. The van der Waals surface area contributed by atoms with Crippen molar-refractivity contribution in [3.05, 3.63) is 34.9 Å². The Morgan fingerprint density at radius 3 is 2.56 bits per heavy atom. The lowest BCUT2D eigenvalue weighted by Crippen LogP contribution is -2.49. The Kier molecular flexibility index (Phi) is 3.60. The first-order valence-electron chi connectivity index (χ1n) is 6.84. The van der Waals surface area contributed by atoms with Crippen molar-refractivity contribution >= 4 is 11.6 Å². The lowest BCUT2D eigenvalue weighted by Gasteiger charge is -2.45. The van der Waals surface area contributed by atoms with Gasteiger partial charge < -0.3 is 10.1 Å². The van der Waals surface area contributed by atoms with Crippen LogP contribution in [0.1, 0.15) is 24.8 Å². The maximum absolute atomic E-state index is 6.37. The van der Waals surface area contributed by atoms with Gasteiger partial charge in [-0.15, -0.1) is 0 Å². The molecule has 0 radical (unpaired) electrons. The van der Waals surface area contributed by atoms with Crippen LogP contribution in [0.5, 0.6) is 0 Å². The minimum Gasteiger partial charge on any atom is -0.379 e. The summed E-state index contributed by atoms with van der Waals surface area (Å²) in [5.74, 6) is 0.812. The molecule has 2 fully saturated rings.